The number of nitrogens with zero attached hydrogens (tertiary/aromatic N) is 1. The molecule has 1 amide bonds. The van der Waals surface area contributed by atoms with Crippen molar-refractivity contribution in [3.05, 3.63) is 29.8 Å². The van der Waals surface area contributed by atoms with Crippen molar-refractivity contribution in [2.75, 3.05) is 25.0 Å². The van der Waals surface area contributed by atoms with E-state index in [4.69, 9.17) is 4.99 Å². The molecular weight excluding hydrogens is 324 g/mol. The van der Waals surface area contributed by atoms with Gasteiger partial charge in [-0.05, 0) is 36.8 Å². The van der Waals surface area contributed by atoms with Gasteiger partial charge in [-0.25, -0.2) is 0 Å². The number of para-hydroxylation sites is 1. The van der Waals surface area contributed by atoms with Crippen LogP contribution in [0, 0.1) is 5.41 Å². The number of carbonyl (C=O) groups excluding carboxylic acids is 1. The average Bonchev–Trinajstić information content (AvgIpc) is 2.57. The zero-order valence-corrected chi connectivity index (χ0v) is 16.7. The highest BCUT2D eigenvalue weighted by Gasteiger charge is 2.24. The molecule has 1 aliphatic rings. The first kappa shape index (κ1) is 20.3. The van der Waals surface area contributed by atoms with Crippen LogP contribution in [0.15, 0.2) is 29.3 Å². The lowest BCUT2D eigenvalue weighted by molar-refractivity contribution is -0.116. The van der Waals surface area contributed by atoms with Gasteiger partial charge in [-0.3, -0.25) is 9.79 Å². The molecule has 2 rings (SSSR count). The smallest absolute Gasteiger partial charge is 0.225 e. The molecule has 26 heavy (non-hydrogen) atoms. The summed E-state index contributed by atoms with van der Waals surface area (Å²) in [4.78, 5) is 16.7. The van der Waals surface area contributed by atoms with E-state index in [1.54, 1.807) is 0 Å². The van der Waals surface area contributed by atoms with Crippen LogP contribution in [-0.4, -0.2) is 31.5 Å². The van der Waals surface area contributed by atoms with Gasteiger partial charge in [0.2, 0.25) is 5.91 Å². The van der Waals surface area contributed by atoms with Gasteiger partial charge in [-0.15, -0.1) is 0 Å². The van der Waals surface area contributed by atoms with E-state index in [9.17, 15) is 4.79 Å². The number of amides is 1. The molecule has 0 saturated carbocycles. The zero-order chi connectivity index (χ0) is 19.0. The van der Waals surface area contributed by atoms with Crippen molar-refractivity contribution in [3.8, 4) is 0 Å². The van der Waals surface area contributed by atoms with Gasteiger partial charge in [0, 0.05) is 31.1 Å². The van der Waals surface area contributed by atoms with E-state index in [1.165, 1.54) is 18.4 Å². The Bertz CT molecular complexity index is 619. The minimum atomic E-state index is 0.0732. The third-order valence-corrected chi connectivity index (χ3v) is 4.57. The second kappa shape index (κ2) is 9.60. The first-order chi connectivity index (χ1) is 12.4. The van der Waals surface area contributed by atoms with Crippen molar-refractivity contribution in [2.45, 2.75) is 59.3 Å². The van der Waals surface area contributed by atoms with Crippen molar-refractivity contribution in [1.82, 2.24) is 10.6 Å². The molecule has 144 valence electrons. The summed E-state index contributed by atoms with van der Waals surface area (Å²) in [5.74, 6) is 1.05. The lowest BCUT2D eigenvalue weighted by atomic mass is 9.90. The fraction of sp³-hybridized carbons (Fsp3) is 0.619. The minimum Gasteiger partial charge on any atom is -0.357 e. The molecule has 5 nitrogen and oxygen atoms in total. The number of hydrogen-bond acceptors (Lipinski definition) is 2. The van der Waals surface area contributed by atoms with Crippen LogP contribution in [0.3, 0.4) is 0 Å². The lowest BCUT2D eigenvalue weighted by Gasteiger charge is -2.24. The molecule has 5 heteroatoms. The number of nitrogens with one attached hydrogen (secondary N) is 3. The molecule has 0 radical (unpaired) electrons. The molecule has 0 bridgehead atoms. The summed E-state index contributed by atoms with van der Waals surface area (Å²) < 4.78 is 0. The average molecular weight is 359 g/mol. The summed E-state index contributed by atoms with van der Waals surface area (Å²) in [7, 11) is 0. The highest BCUT2D eigenvalue weighted by Crippen LogP contribution is 2.31. The normalized spacial score (nSPS) is 17.5. The Morgan fingerprint density at radius 1 is 1.23 bits per heavy atom. The second-order valence-corrected chi connectivity index (χ2v) is 8.20. The predicted octanol–water partition coefficient (Wildman–Crippen LogP) is 3.88. The van der Waals surface area contributed by atoms with Crippen LogP contribution in [0.1, 0.15) is 64.9 Å². The van der Waals surface area contributed by atoms with Crippen LogP contribution < -0.4 is 16.0 Å². The molecule has 1 aliphatic heterocycles. The summed E-state index contributed by atoms with van der Waals surface area (Å²) in [6.45, 7) is 11.3. The number of fused-ring (bicyclic) bond motifs is 1. The number of benzene rings is 1. The molecule has 1 unspecified atom stereocenters. The molecule has 1 aromatic carbocycles. The molecule has 0 aliphatic carbocycles. The fourth-order valence-electron chi connectivity index (χ4n) is 3.20. The van der Waals surface area contributed by atoms with E-state index < -0.39 is 0 Å². The Morgan fingerprint density at radius 3 is 2.73 bits per heavy atom. The molecule has 0 saturated heterocycles. The monoisotopic (exact) mass is 358 g/mol. The van der Waals surface area contributed by atoms with E-state index in [-0.39, 0.29) is 11.8 Å². The first-order valence-corrected chi connectivity index (χ1v) is 9.80. The molecule has 0 aromatic heterocycles. The van der Waals surface area contributed by atoms with Crippen LogP contribution in [0.4, 0.5) is 5.69 Å². The van der Waals surface area contributed by atoms with Gasteiger partial charge in [-0.1, -0.05) is 45.4 Å². The maximum atomic E-state index is 11.9. The van der Waals surface area contributed by atoms with Crippen LogP contribution in [-0.2, 0) is 4.79 Å². The summed E-state index contributed by atoms with van der Waals surface area (Å²) in [5, 5.41) is 9.67. The van der Waals surface area contributed by atoms with Crippen molar-refractivity contribution in [3.63, 3.8) is 0 Å². The Labute approximate surface area is 158 Å². The molecule has 0 spiro atoms. The summed E-state index contributed by atoms with van der Waals surface area (Å²) in [6, 6.07) is 8.02. The summed E-state index contributed by atoms with van der Waals surface area (Å²) in [5.41, 5.74) is 2.49. The predicted molar refractivity (Wildman–Crippen MR) is 110 cm³/mol. The van der Waals surface area contributed by atoms with Crippen molar-refractivity contribution in [2.24, 2.45) is 10.4 Å². The highest BCUT2D eigenvalue weighted by molar-refractivity contribution is 5.94. The summed E-state index contributed by atoms with van der Waals surface area (Å²) in [6.07, 6.45) is 4.07. The first-order valence-electron chi connectivity index (χ1n) is 9.80. The number of guanidine groups is 1. The Balaban J connectivity index is 1.89. The lowest BCUT2D eigenvalue weighted by Crippen LogP contribution is -2.38. The molecule has 1 aromatic rings. The van der Waals surface area contributed by atoms with Gasteiger partial charge < -0.3 is 16.0 Å². The van der Waals surface area contributed by atoms with Crippen LogP contribution in [0.2, 0.25) is 0 Å². The summed E-state index contributed by atoms with van der Waals surface area (Å²) >= 11 is 0. The fourth-order valence-corrected chi connectivity index (χ4v) is 3.20. The van der Waals surface area contributed by atoms with Crippen LogP contribution in [0.5, 0.6) is 0 Å². The van der Waals surface area contributed by atoms with Crippen molar-refractivity contribution < 1.29 is 4.79 Å². The van der Waals surface area contributed by atoms with Crippen molar-refractivity contribution in [1.29, 1.82) is 0 Å². The molecular formula is C21H34N4O. The van der Waals surface area contributed by atoms with Gasteiger partial charge >= 0.3 is 0 Å². The maximum Gasteiger partial charge on any atom is 0.225 e. The van der Waals surface area contributed by atoms with Gasteiger partial charge in [0.1, 0.15) is 0 Å². The number of hydrogen-bond donors (Lipinski definition) is 3. The van der Waals surface area contributed by atoms with E-state index in [1.807, 2.05) is 18.2 Å². The number of unbranched alkanes of at least 4 members (excludes halogenated alkanes) is 1. The molecule has 3 N–H and O–H groups in total. The Kier molecular flexibility index (Phi) is 7.49. The number of aliphatic imine (C=N–C) groups is 1. The quantitative estimate of drug-likeness (QED) is 0.394. The highest BCUT2D eigenvalue weighted by atomic mass is 16.1. The second-order valence-electron chi connectivity index (χ2n) is 8.20. The minimum absolute atomic E-state index is 0.0732. The standard InChI is InChI=1S/C21H34N4O/c1-5-22-20(23-13-9-8-12-21(2,3)4)24-15-16-14-19(26)25-18-11-7-6-10-17(16)18/h6-7,10-11,16H,5,8-9,12-15H2,1-4H3,(H,25,26)(H2,22,23,24). The van der Waals surface area contributed by atoms with Crippen LogP contribution >= 0.6 is 0 Å². The van der Waals surface area contributed by atoms with E-state index >= 15 is 0 Å². The number of carbonyl (C=O) groups is 1. The molecule has 1 heterocycles. The third-order valence-electron chi connectivity index (χ3n) is 4.57. The number of rotatable bonds is 7. The van der Waals surface area contributed by atoms with Crippen LogP contribution in [0.25, 0.3) is 0 Å². The third kappa shape index (κ3) is 6.70. The Morgan fingerprint density at radius 2 is 2.00 bits per heavy atom. The SMILES string of the molecule is CCNC(=NCC1CC(=O)Nc2ccccc21)NCCCCC(C)(C)C. The maximum absolute atomic E-state index is 11.9. The van der Waals surface area contributed by atoms with Gasteiger partial charge in [0.25, 0.3) is 0 Å². The van der Waals surface area contributed by atoms with Gasteiger partial charge in [0.15, 0.2) is 5.96 Å². The largest absolute Gasteiger partial charge is 0.357 e. The Hall–Kier alpha value is -2.04. The van der Waals surface area contributed by atoms with Gasteiger partial charge in [-0.2, -0.15) is 0 Å². The van der Waals surface area contributed by atoms with E-state index in [0.717, 1.165) is 31.2 Å². The molecule has 1 atom stereocenters. The van der Waals surface area contributed by atoms with Crippen molar-refractivity contribution >= 4 is 17.6 Å². The van der Waals surface area contributed by atoms with Gasteiger partial charge in [0.05, 0.1) is 6.54 Å². The molecule has 0 fully saturated rings. The topological polar surface area (TPSA) is 65.5 Å². The van der Waals surface area contributed by atoms with E-state index in [2.05, 4.69) is 49.7 Å². The van der Waals surface area contributed by atoms with E-state index in [0.29, 0.717) is 18.4 Å². The zero-order valence-electron chi connectivity index (χ0n) is 16.7. The number of anilines is 1.